The lowest BCUT2D eigenvalue weighted by atomic mass is 10.2. The quantitative estimate of drug-likeness (QED) is 0.409. The van der Waals surface area contributed by atoms with E-state index in [1.807, 2.05) is 6.92 Å². The van der Waals surface area contributed by atoms with Gasteiger partial charge >= 0.3 is 12.1 Å². The lowest BCUT2D eigenvalue weighted by Crippen LogP contribution is -2.56. The van der Waals surface area contributed by atoms with Gasteiger partial charge in [-0.2, -0.15) is 27.1 Å². The first-order chi connectivity index (χ1) is 8.71. The first-order valence-electron chi connectivity index (χ1n) is 5.91. The Hall–Kier alpha value is -0.600. The SMILES string of the molecule is CCCCCCN1N=CN(Br)C1C(F)(F)C(F)(F)F. The summed E-state index contributed by atoms with van der Waals surface area (Å²) in [6.45, 7) is 2.05. The molecule has 0 fully saturated rings. The number of nitrogens with zero attached hydrogens (tertiary/aromatic N) is 3. The second-order valence-corrected chi connectivity index (χ2v) is 5.11. The standard InChI is InChI=1S/C10H15BrF5N3/c1-2-3-4-5-6-19-8(18(11)7-17-19)9(12,13)10(14,15)16/h7-8H,2-6H2,1H3. The van der Waals surface area contributed by atoms with Crippen molar-refractivity contribution >= 4 is 22.5 Å². The molecule has 1 heterocycles. The number of alkyl halides is 5. The molecule has 0 aromatic heterocycles. The largest absolute Gasteiger partial charge is 0.457 e. The van der Waals surface area contributed by atoms with Crippen molar-refractivity contribution in [2.45, 2.75) is 50.9 Å². The molecule has 19 heavy (non-hydrogen) atoms. The van der Waals surface area contributed by atoms with Crippen LogP contribution in [-0.4, -0.2) is 40.1 Å². The average molecular weight is 352 g/mol. The van der Waals surface area contributed by atoms with E-state index in [0.717, 1.165) is 30.6 Å². The van der Waals surface area contributed by atoms with Crippen molar-refractivity contribution in [2.24, 2.45) is 5.10 Å². The zero-order chi connectivity index (χ0) is 14.7. The molecular formula is C10H15BrF5N3. The Kier molecular flexibility index (Phi) is 5.40. The minimum absolute atomic E-state index is 0.0644. The highest BCUT2D eigenvalue weighted by Crippen LogP contribution is 2.43. The van der Waals surface area contributed by atoms with Crippen LogP contribution in [-0.2, 0) is 0 Å². The van der Waals surface area contributed by atoms with Gasteiger partial charge in [0.05, 0.1) is 16.1 Å². The molecule has 1 atom stereocenters. The number of hydrazone groups is 1. The first kappa shape index (κ1) is 16.5. The maximum absolute atomic E-state index is 13.4. The minimum atomic E-state index is -5.61. The van der Waals surface area contributed by atoms with Gasteiger partial charge in [0, 0.05) is 6.54 Å². The van der Waals surface area contributed by atoms with Gasteiger partial charge in [-0.1, -0.05) is 26.2 Å². The van der Waals surface area contributed by atoms with E-state index in [1.54, 1.807) is 0 Å². The molecule has 1 aliphatic rings. The van der Waals surface area contributed by atoms with E-state index in [-0.39, 0.29) is 6.54 Å². The summed E-state index contributed by atoms with van der Waals surface area (Å²) in [4.78, 5) is 0. The van der Waals surface area contributed by atoms with E-state index in [0.29, 0.717) is 10.3 Å². The van der Waals surface area contributed by atoms with Gasteiger partial charge in [0.15, 0.2) is 0 Å². The topological polar surface area (TPSA) is 18.8 Å². The third kappa shape index (κ3) is 3.70. The van der Waals surface area contributed by atoms with Crippen LogP contribution in [0.3, 0.4) is 0 Å². The molecule has 1 unspecified atom stereocenters. The van der Waals surface area contributed by atoms with Gasteiger partial charge in [0.1, 0.15) is 6.34 Å². The maximum Gasteiger partial charge on any atom is 0.457 e. The van der Waals surface area contributed by atoms with E-state index in [2.05, 4.69) is 21.2 Å². The van der Waals surface area contributed by atoms with Crippen LogP contribution < -0.4 is 0 Å². The van der Waals surface area contributed by atoms with Crippen LogP contribution in [0, 0.1) is 0 Å². The number of unbranched alkanes of at least 4 members (excludes halogenated alkanes) is 3. The normalized spacial score (nSPS) is 20.5. The second kappa shape index (κ2) is 6.23. The number of halogens is 6. The summed E-state index contributed by atoms with van der Waals surface area (Å²) in [6, 6.07) is 0. The van der Waals surface area contributed by atoms with E-state index in [9.17, 15) is 22.0 Å². The zero-order valence-electron chi connectivity index (χ0n) is 10.3. The van der Waals surface area contributed by atoms with E-state index in [4.69, 9.17) is 0 Å². The van der Waals surface area contributed by atoms with Gasteiger partial charge in [-0.25, -0.2) is 0 Å². The van der Waals surface area contributed by atoms with Gasteiger partial charge in [0.25, 0.3) is 0 Å². The molecule has 0 saturated carbocycles. The lowest BCUT2D eigenvalue weighted by molar-refractivity contribution is -0.309. The van der Waals surface area contributed by atoms with Crippen molar-refractivity contribution < 1.29 is 22.0 Å². The third-order valence-corrected chi connectivity index (χ3v) is 3.34. The second-order valence-electron chi connectivity index (χ2n) is 4.29. The van der Waals surface area contributed by atoms with Crippen molar-refractivity contribution in [1.29, 1.82) is 0 Å². The van der Waals surface area contributed by atoms with Gasteiger partial charge in [-0.05, 0) is 6.42 Å². The molecule has 0 aromatic carbocycles. The van der Waals surface area contributed by atoms with Crippen LogP contribution in [0.1, 0.15) is 32.6 Å². The van der Waals surface area contributed by atoms with Gasteiger partial charge < -0.3 is 0 Å². The molecular weight excluding hydrogens is 337 g/mol. The van der Waals surface area contributed by atoms with Crippen LogP contribution in [0.25, 0.3) is 0 Å². The summed E-state index contributed by atoms with van der Waals surface area (Å²) in [5, 5.41) is 4.36. The van der Waals surface area contributed by atoms with Crippen molar-refractivity contribution in [3.05, 3.63) is 0 Å². The van der Waals surface area contributed by atoms with Crippen LogP contribution >= 0.6 is 16.1 Å². The fourth-order valence-electron chi connectivity index (χ4n) is 1.74. The van der Waals surface area contributed by atoms with Crippen LogP contribution in [0.15, 0.2) is 5.10 Å². The van der Waals surface area contributed by atoms with Crippen molar-refractivity contribution in [1.82, 2.24) is 8.93 Å². The molecule has 0 radical (unpaired) electrons. The Labute approximate surface area is 116 Å². The van der Waals surface area contributed by atoms with Gasteiger partial charge in [-0.15, -0.1) is 0 Å². The van der Waals surface area contributed by atoms with Crippen LogP contribution in [0.2, 0.25) is 0 Å². The van der Waals surface area contributed by atoms with Crippen molar-refractivity contribution in [2.75, 3.05) is 6.54 Å². The van der Waals surface area contributed by atoms with Crippen LogP contribution in [0.4, 0.5) is 22.0 Å². The Morgan fingerprint density at radius 2 is 1.79 bits per heavy atom. The monoisotopic (exact) mass is 351 g/mol. The summed E-state index contributed by atoms with van der Waals surface area (Å²) >= 11 is 2.66. The van der Waals surface area contributed by atoms with Gasteiger partial charge in [-0.3, -0.25) is 8.93 Å². The maximum atomic E-state index is 13.4. The predicted molar refractivity (Wildman–Crippen MR) is 64.9 cm³/mol. The Bertz CT molecular complexity index is 321. The molecule has 1 aliphatic heterocycles. The van der Waals surface area contributed by atoms with Crippen LogP contribution in [0.5, 0.6) is 0 Å². The molecule has 0 aliphatic carbocycles. The third-order valence-electron chi connectivity index (χ3n) is 2.77. The van der Waals surface area contributed by atoms with Crippen molar-refractivity contribution in [3.8, 4) is 0 Å². The molecule has 0 bridgehead atoms. The molecule has 1 rings (SSSR count). The Balaban J connectivity index is 2.69. The fourth-order valence-corrected chi connectivity index (χ4v) is 2.29. The Morgan fingerprint density at radius 3 is 2.32 bits per heavy atom. The van der Waals surface area contributed by atoms with E-state index >= 15 is 0 Å². The fraction of sp³-hybridized carbons (Fsp3) is 0.900. The molecule has 0 N–H and O–H groups in total. The molecule has 0 aromatic rings. The summed E-state index contributed by atoms with van der Waals surface area (Å²) in [5.41, 5.74) is 0. The highest BCUT2D eigenvalue weighted by molar-refractivity contribution is 9.07. The van der Waals surface area contributed by atoms with Crippen molar-refractivity contribution in [3.63, 3.8) is 0 Å². The van der Waals surface area contributed by atoms with E-state index in [1.165, 1.54) is 0 Å². The molecule has 3 nitrogen and oxygen atoms in total. The summed E-state index contributed by atoms with van der Waals surface area (Å²) < 4.78 is 64.6. The van der Waals surface area contributed by atoms with Gasteiger partial charge in [0.2, 0.25) is 6.17 Å². The summed E-state index contributed by atoms with van der Waals surface area (Å²) in [6.07, 6.45) is -3.70. The average Bonchev–Trinajstić information content (AvgIpc) is 2.65. The van der Waals surface area contributed by atoms with E-state index < -0.39 is 18.3 Å². The number of rotatable bonds is 6. The minimum Gasteiger partial charge on any atom is -0.268 e. The highest BCUT2D eigenvalue weighted by Gasteiger charge is 2.66. The zero-order valence-corrected chi connectivity index (χ0v) is 11.9. The molecule has 0 spiro atoms. The Morgan fingerprint density at radius 1 is 1.16 bits per heavy atom. The molecule has 0 amide bonds. The molecule has 9 heteroatoms. The number of hydrogen-bond donors (Lipinski definition) is 0. The smallest absolute Gasteiger partial charge is 0.268 e. The highest BCUT2D eigenvalue weighted by atomic mass is 79.9. The molecule has 0 saturated heterocycles. The molecule has 112 valence electrons. The first-order valence-corrected chi connectivity index (χ1v) is 6.62. The number of hydrogen-bond acceptors (Lipinski definition) is 3. The predicted octanol–water partition coefficient (Wildman–Crippen LogP) is 3.96. The lowest BCUT2D eigenvalue weighted by Gasteiger charge is -2.34. The summed E-state index contributed by atoms with van der Waals surface area (Å²) in [7, 11) is 0. The summed E-state index contributed by atoms with van der Waals surface area (Å²) in [5.74, 6) is -4.86.